The zero-order chi connectivity index (χ0) is 12.8. The van der Waals surface area contributed by atoms with E-state index in [1.165, 1.54) is 27.8 Å². The monoisotopic (exact) mass is 226 g/mol. The molecule has 0 radical (unpaired) electrons. The van der Waals surface area contributed by atoms with Crippen molar-refractivity contribution in [2.24, 2.45) is 0 Å². The Morgan fingerprint density at radius 1 is 1.12 bits per heavy atom. The van der Waals surface area contributed by atoms with E-state index in [4.69, 9.17) is 0 Å². The number of aryl methyl sites for hydroxylation is 2. The van der Waals surface area contributed by atoms with E-state index in [1.807, 2.05) is 6.08 Å². The summed E-state index contributed by atoms with van der Waals surface area (Å²) in [5.74, 6) is 0. The molecular weight excluding hydrogens is 204 g/mol. The molecule has 0 fully saturated rings. The summed E-state index contributed by atoms with van der Waals surface area (Å²) in [7, 11) is 0. The van der Waals surface area contributed by atoms with Gasteiger partial charge in [0.15, 0.2) is 0 Å². The standard InChI is InChI=1S/C17H22/c1-6-13(2)7-8-14(3)11-17-10-9-15(4)16(5)12-17/h6-10,12H,1,11H2,2-5H3/b13-7-,14-8+. The van der Waals surface area contributed by atoms with Gasteiger partial charge in [0.1, 0.15) is 0 Å². The second-order valence-corrected chi connectivity index (χ2v) is 4.72. The largest absolute Gasteiger partial charge is 0.0988 e. The van der Waals surface area contributed by atoms with Gasteiger partial charge in [0.2, 0.25) is 0 Å². The predicted octanol–water partition coefficient (Wildman–Crippen LogP) is 4.92. The molecule has 0 bridgehead atoms. The van der Waals surface area contributed by atoms with Gasteiger partial charge < -0.3 is 0 Å². The van der Waals surface area contributed by atoms with Crippen molar-refractivity contribution >= 4 is 0 Å². The van der Waals surface area contributed by atoms with Crippen molar-refractivity contribution in [2.45, 2.75) is 34.1 Å². The highest BCUT2D eigenvalue weighted by molar-refractivity contribution is 5.33. The van der Waals surface area contributed by atoms with E-state index in [2.05, 4.69) is 64.6 Å². The number of hydrogen-bond acceptors (Lipinski definition) is 0. The first kappa shape index (κ1) is 13.5. The van der Waals surface area contributed by atoms with E-state index in [9.17, 15) is 0 Å². The number of allylic oxidation sites excluding steroid dienone is 5. The minimum atomic E-state index is 1.02. The molecule has 0 N–H and O–H groups in total. The molecule has 0 aliphatic heterocycles. The van der Waals surface area contributed by atoms with E-state index in [-0.39, 0.29) is 0 Å². The van der Waals surface area contributed by atoms with Crippen LogP contribution < -0.4 is 0 Å². The fourth-order valence-electron chi connectivity index (χ4n) is 1.64. The molecule has 0 atom stereocenters. The molecular formula is C17H22. The quantitative estimate of drug-likeness (QED) is 0.639. The number of hydrogen-bond donors (Lipinski definition) is 0. The fourth-order valence-corrected chi connectivity index (χ4v) is 1.64. The van der Waals surface area contributed by atoms with Crippen molar-refractivity contribution in [3.05, 3.63) is 70.8 Å². The SMILES string of the molecule is C=C/C(C)=C\C=C(/C)Cc1ccc(C)c(C)c1. The third-order valence-corrected chi connectivity index (χ3v) is 3.01. The lowest BCUT2D eigenvalue weighted by Gasteiger charge is -2.05. The molecule has 0 saturated carbocycles. The minimum Gasteiger partial charge on any atom is -0.0988 e. The molecule has 0 unspecified atom stereocenters. The normalized spacial score (nSPS) is 12.7. The molecule has 0 amide bonds. The topological polar surface area (TPSA) is 0 Å². The van der Waals surface area contributed by atoms with Crippen LogP contribution in [0.25, 0.3) is 0 Å². The Hall–Kier alpha value is -1.56. The Balaban J connectivity index is 2.77. The van der Waals surface area contributed by atoms with Gasteiger partial charge in [-0.3, -0.25) is 0 Å². The van der Waals surface area contributed by atoms with Crippen LogP contribution >= 0.6 is 0 Å². The van der Waals surface area contributed by atoms with Gasteiger partial charge in [0.05, 0.1) is 0 Å². The maximum atomic E-state index is 3.75. The third kappa shape index (κ3) is 4.44. The molecule has 0 aromatic heterocycles. The summed E-state index contributed by atoms with van der Waals surface area (Å²) >= 11 is 0. The van der Waals surface area contributed by atoms with Crippen LogP contribution in [0.15, 0.2) is 54.2 Å². The second-order valence-electron chi connectivity index (χ2n) is 4.72. The van der Waals surface area contributed by atoms with Crippen molar-refractivity contribution in [3.63, 3.8) is 0 Å². The summed E-state index contributed by atoms with van der Waals surface area (Å²) in [5.41, 5.74) is 6.68. The third-order valence-electron chi connectivity index (χ3n) is 3.01. The summed E-state index contributed by atoms with van der Waals surface area (Å²) in [6, 6.07) is 6.68. The molecule has 0 spiro atoms. The average Bonchev–Trinajstić information content (AvgIpc) is 2.31. The van der Waals surface area contributed by atoms with Crippen LogP contribution in [0, 0.1) is 13.8 Å². The lowest BCUT2D eigenvalue weighted by molar-refractivity contribution is 1.13. The Morgan fingerprint density at radius 2 is 1.82 bits per heavy atom. The predicted molar refractivity (Wildman–Crippen MR) is 77.3 cm³/mol. The van der Waals surface area contributed by atoms with Gasteiger partial charge >= 0.3 is 0 Å². The molecule has 1 aromatic rings. The molecule has 0 aliphatic carbocycles. The van der Waals surface area contributed by atoms with Gasteiger partial charge in [0.25, 0.3) is 0 Å². The summed E-state index contributed by atoms with van der Waals surface area (Å²) in [6.45, 7) is 12.3. The van der Waals surface area contributed by atoms with E-state index in [1.54, 1.807) is 0 Å². The van der Waals surface area contributed by atoms with Crippen LogP contribution in [0.3, 0.4) is 0 Å². The average molecular weight is 226 g/mol. The zero-order valence-electron chi connectivity index (χ0n) is 11.4. The lowest BCUT2D eigenvalue weighted by atomic mass is 10.0. The van der Waals surface area contributed by atoms with Crippen LogP contribution in [-0.2, 0) is 6.42 Å². The van der Waals surface area contributed by atoms with E-state index < -0.39 is 0 Å². The van der Waals surface area contributed by atoms with Crippen molar-refractivity contribution in [1.29, 1.82) is 0 Å². The van der Waals surface area contributed by atoms with Gasteiger partial charge in [0, 0.05) is 0 Å². The van der Waals surface area contributed by atoms with Crippen molar-refractivity contribution in [1.82, 2.24) is 0 Å². The fraction of sp³-hybridized carbons (Fsp3) is 0.294. The van der Waals surface area contributed by atoms with E-state index in [0.717, 1.165) is 6.42 Å². The van der Waals surface area contributed by atoms with Gasteiger partial charge in [-0.1, -0.05) is 54.2 Å². The van der Waals surface area contributed by atoms with E-state index >= 15 is 0 Å². The van der Waals surface area contributed by atoms with E-state index in [0.29, 0.717) is 0 Å². The summed E-state index contributed by atoms with van der Waals surface area (Å²) in [5, 5.41) is 0. The Labute approximate surface area is 105 Å². The van der Waals surface area contributed by atoms with Crippen LogP contribution in [0.1, 0.15) is 30.5 Å². The van der Waals surface area contributed by atoms with Crippen molar-refractivity contribution < 1.29 is 0 Å². The molecule has 17 heavy (non-hydrogen) atoms. The molecule has 0 aliphatic rings. The molecule has 0 nitrogen and oxygen atoms in total. The van der Waals surface area contributed by atoms with Crippen molar-refractivity contribution in [3.8, 4) is 0 Å². The number of benzene rings is 1. The smallest absolute Gasteiger partial charge is 0.00667 e. The summed E-state index contributed by atoms with van der Waals surface area (Å²) in [6.07, 6.45) is 7.18. The first-order chi connectivity index (χ1) is 8.02. The minimum absolute atomic E-state index is 1.02. The maximum absolute atomic E-state index is 3.75. The summed E-state index contributed by atoms with van der Waals surface area (Å²) in [4.78, 5) is 0. The lowest BCUT2D eigenvalue weighted by Crippen LogP contribution is -1.89. The summed E-state index contributed by atoms with van der Waals surface area (Å²) < 4.78 is 0. The van der Waals surface area contributed by atoms with Gasteiger partial charge in [-0.15, -0.1) is 0 Å². The Morgan fingerprint density at radius 3 is 2.41 bits per heavy atom. The molecule has 1 rings (SSSR count). The van der Waals surface area contributed by atoms with Crippen LogP contribution in [0.2, 0.25) is 0 Å². The molecule has 0 heteroatoms. The van der Waals surface area contributed by atoms with Crippen molar-refractivity contribution in [2.75, 3.05) is 0 Å². The Kier molecular flexibility index (Phi) is 4.96. The van der Waals surface area contributed by atoms with Crippen LogP contribution in [0.5, 0.6) is 0 Å². The molecule has 0 heterocycles. The highest BCUT2D eigenvalue weighted by Crippen LogP contribution is 2.13. The van der Waals surface area contributed by atoms with Gasteiger partial charge in [-0.2, -0.15) is 0 Å². The highest BCUT2D eigenvalue weighted by atomic mass is 14.0. The first-order valence-corrected chi connectivity index (χ1v) is 6.05. The van der Waals surface area contributed by atoms with Gasteiger partial charge in [-0.25, -0.2) is 0 Å². The maximum Gasteiger partial charge on any atom is -0.00667 e. The van der Waals surface area contributed by atoms with Crippen LogP contribution in [0.4, 0.5) is 0 Å². The first-order valence-electron chi connectivity index (χ1n) is 6.05. The second kappa shape index (κ2) is 6.24. The molecule has 1 aromatic carbocycles. The van der Waals surface area contributed by atoms with Gasteiger partial charge in [-0.05, 0) is 50.8 Å². The zero-order valence-corrected chi connectivity index (χ0v) is 11.4. The Bertz CT molecular complexity index is 459. The molecule has 90 valence electrons. The molecule has 0 saturated heterocycles. The number of rotatable bonds is 4. The van der Waals surface area contributed by atoms with Crippen LogP contribution in [-0.4, -0.2) is 0 Å². The highest BCUT2D eigenvalue weighted by Gasteiger charge is 1.97.